The minimum absolute atomic E-state index is 0.0517. The largest absolute Gasteiger partial charge is 0.294 e. The molecule has 1 aromatic rings. The minimum Gasteiger partial charge on any atom is -0.282 e. The van der Waals surface area contributed by atoms with Gasteiger partial charge in [-0.25, -0.2) is 0 Å². The molecule has 1 atom stereocenters. The Morgan fingerprint density at radius 2 is 1.53 bits per heavy atom. The fourth-order valence-corrected chi connectivity index (χ4v) is 2.48. The third-order valence-corrected chi connectivity index (χ3v) is 3.53. The summed E-state index contributed by atoms with van der Waals surface area (Å²) in [5, 5.41) is 0. The molecule has 1 rings (SSSR count). The average molecular weight is 286 g/mol. The summed E-state index contributed by atoms with van der Waals surface area (Å²) in [6.07, 6.45) is 1.03. The number of hydrogen-bond acceptors (Lipinski definition) is 2. The molecule has 19 heavy (non-hydrogen) atoms. The van der Waals surface area contributed by atoms with Crippen LogP contribution >= 0.6 is 0 Å². The number of benzene rings is 1. The van der Waals surface area contributed by atoms with Crippen molar-refractivity contribution in [3.8, 4) is 0 Å². The van der Waals surface area contributed by atoms with Gasteiger partial charge in [0, 0.05) is 0 Å². The van der Waals surface area contributed by atoms with Crippen LogP contribution in [-0.2, 0) is 10.1 Å². The lowest BCUT2D eigenvalue weighted by molar-refractivity contribution is 0.349. The minimum atomic E-state index is -4.08. The van der Waals surface area contributed by atoms with Crippen LogP contribution in [0.4, 0.5) is 0 Å². The lowest BCUT2D eigenvalue weighted by Gasteiger charge is -2.23. The van der Waals surface area contributed by atoms with E-state index < -0.39 is 10.1 Å². The summed E-state index contributed by atoms with van der Waals surface area (Å²) < 4.78 is 30.7. The van der Waals surface area contributed by atoms with E-state index in [1.165, 1.54) is 12.1 Å². The fraction of sp³-hybridized carbons (Fsp3) is 0.600. The van der Waals surface area contributed by atoms with E-state index in [1.807, 2.05) is 13.8 Å². The second-order valence-electron chi connectivity index (χ2n) is 5.71. The van der Waals surface area contributed by atoms with Gasteiger partial charge in [0.1, 0.15) is 0 Å². The lowest BCUT2D eigenvalue weighted by atomic mass is 9.82. The Labute approximate surface area is 117 Å². The summed E-state index contributed by atoms with van der Waals surface area (Å²) in [6.45, 7) is 12.6. The molecule has 4 heteroatoms. The van der Waals surface area contributed by atoms with E-state index in [4.69, 9.17) is 4.55 Å². The highest BCUT2D eigenvalue weighted by Gasteiger charge is 2.17. The van der Waals surface area contributed by atoms with Gasteiger partial charge in [-0.2, -0.15) is 8.42 Å². The molecule has 0 fully saturated rings. The molecule has 0 aliphatic carbocycles. The molecule has 0 radical (unpaired) electrons. The molecule has 0 aromatic heterocycles. The summed E-state index contributed by atoms with van der Waals surface area (Å²) in [5.41, 5.74) is 1.33. The first-order chi connectivity index (χ1) is 8.59. The van der Waals surface area contributed by atoms with Crippen molar-refractivity contribution in [3.63, 3.8) is 0 Å². The summed E-state index contributed by atoms with van der Waals surface area (Å²) in [5.74, 6) is 0.366. The Morgan fingerprint density at radius 1 is 1.11 bits per heavy atom. The molecule has 1 N–H and O–H groups in total. The monoisotopic (exact) mass is 286 g/mol. The van der Waals surface area contributed by atoms with E-state index in [1.54, 1.807) is 12.1 Å². The predicted molar refractivity (Wildman–Crippen MR) is 80.1 cm³/mol. The molecule has 0 saturated heterocycles. The second kappa shape index (κ2) is 7.06. The van der Waals surface area contributed by atoms with Crippen molar-refractivity contribution in [2.24, 2.45) is 5.41 Å². The van der Waals surface area contributed by atoms with Crippen LogP contribution in [-0.4, -0.2) is 13.0 Å². The highest BCUT2D eigenvalue weighted by atomic mass is 32.2. The average Bonchev–Trinajstić information content (AvgIpc) is 2.28. The van der Waals surface area contributed by atoms with Crippen molar-refractivity contribution in [3.05, 3.63) is 29.8 Å². The third kappa shape index (κ3) is 6.73. The Morgan fingerprint density at radius 3 is 1.84 bits per heavy atom. The zero-order valence-electron chi connectivity index (χ0n) is 12.8. The zero-order chi connectivity index (χ0) is 15.3. The Balaban J connectivity index is 0.00000154. The van der Waals surface area contributed by atoms with Gasteiger partial charge < -0.3 is 0 Å². The molecule has 0 saturated carbocycles. The molecule has 0 spiro atoms. The van der Waals surface area contributed by atoms with Crippen LogP contribution in [0.5, 0.6) is 0 Å². The van der Waals surface area contributed by atoms with Crippen LogP contribution in [0, 0.1) is 5.41 Å². The lowest BCUT2D eigenvalue weighted by Crippen LogP contribution is -2.10. The second-order valence-corrected chi connectivity index (χ2v) is 7.13. The normalized spacial score (nSPS) is 13.4. The van der Waals surface area contributed by atoms with Gasteiger partial charge in [0.05, 0.1) is 4.90 Å². The molecule has 0 heterocycles. The first-order valence-electron chi connectivity index (χ1n) is 6.67. The van der Waals surface area contributed by atoms with Crippen LogP contribution in [0.1, 0.15) is 59.4 Å². The van der Waals surface area contributed by atoms with Gasteiger partial charge in [-0.05, 0) is 35.4 Å². The third-order valence-electron chi connectivity index (χ3n) is 2.67. The van der Waals surface area contributed by atoms with Crippen molar-refractivity contribution < 1.29 is 13.0 Å². The Hall–Kier alpha value is -0.870. The summed E-state index contributed by atoms with van der Waals surface area (Å²) in [6, 6.07) is 6.42. The van der Waals surface area contributed by atoms with E-state index in [0.29, 0.717) is 5.92 Å². The van der Waals surface area contributed by atoms with Gasteiger partial charge in [-0.3, -0.25) is 4.55 Å². The molecule has 110 valence electrons. The summed E-state index contributed by atoms with van der Waals surface area (Å²) in [4.78, 5) is -0.0517. The maximum absolute atomic E-state index is 10.9. The maximum Gasteiger partial charge on any atom is 0.294 e. The van der Waals surface area contributed by atoms with E-state index in [2.05, 4.69) is 27.7 Å². The number of rotatable bonds is 3. The fourth-order valence-electron chi connectivity index (χ4n) is 2.00. The van der Waals surface area contributed by atoms with Crippen molar-refractivity contribution in [2.75, 3.05) is 0 Å². The molecule has 0 bridgehead atoms. The van der Waals surface area contributed by atoms with E-state index in [0.717, 1.165) is 12.0 Å². The molecular weight excluding hydrogens is 260 g/mol. The summed E-state index contributed by atoms with van der Waals surface area (Å²) >= 11 is 0. The van der Waals surface area contributed by atoms with Gasteiger partial charge in [0.2, 0.25) is 0 Å². The highest BCUT2D eigenvalue weighted by Crippen LogP contribution is 2.30. The van der Waals surface area contributed by atoms with Gasteiger partial charge in [0.25, 0.3) is 10.1 Å². The molecular formula is C15H26O3S. The molecule has 0 aliphatic rings. The standard InChI is InChI=1S/C13H20O3S.C2H6/c1-10(9-13(2,3)4)11-5-7-12(8-6-11)17(14,15)16;1-2/h5-8,10H,9H2,1-4H3,(H,14,15,16);1-2H3. The zero-order valence-corrected chi connectivity index (χ0v) is 13.6. The van der Waals surface area contributed by atoms with Crippen LogP contribution in [0.25, 0.3) is 0 Å². The van der Waals surface area contributed by atoms with Gasteiger partial charge in [-0.15, -0.1) is 0 Å². The maximum atomic E-state index is 10.9. The first-order valence-corrected chi connectivity index (χ1v) is 8.11. The first kappa shape index (κ1) is 18.1. The predicted octanol–water partition coefficient (Wildman–Crippen LogP) is 4.50. The van der Waals surface area contributed by atoms with E-state index >= 15 is 0 Å². The number of hydrogen-bond donors (Lipinski definition) is 1. The van der Waals surface area contributed by atoms with Crippen molar-refractivity contribution >= 4 is 10.1 Å². The molecule has 1 aromatic carbocycles. The van der Waals surface area contributed by atoms with E-state index in [9.17, 15) is 8.42 Å². The molecule has 1 unspecified atom stereocenters. The van der Waals surface area contributed by atoms with Crippen LogP contribution < -0.4 is 0 Å². The quantitative estimate of drug-likeness (QED) is 0.832. The van der Waals surface area contributed by atoms with Crippen molar-refractivity contribution in [1.82, 2.24) is 0 Å². The van der Waals surface area contributed by atoms with Gasteiger partial charge in [-0.1, -0.05) is 53.7 Å². The van der Waals surface area contributed by atoms with Gasteiger partial charge in [0.15, 0.2) is 0 Å². The topological polar surface area (TPSA) is 54.4 Å². The molecule has 3 nitrogen and oxygen atoms in total. The van der Waals surface area contributed by atoms with Crippen molar-refractivity contribution in [2.45, 2.75) is 58.8 Å². The molecule has 0 amide bonds. The van der Waals surface area contributed by atoms with E-state index in [-0.39, 0.29) is 10.3 Å². The van der Waals surface area contributed by atoms with Crippen LogP contribution in [0.15, 0.2) is 29.2 Å². The molecule has 0 aliphatic heterocycles. The Bertz CT molecular complexity index is 467. The smallest absolute Gasteiger partial charge is 0.282 e. The van der Waals surface area contributed by atoms with Crippen molar-refractivity contribution in [1.29, 1.82) is 0 Å². The van der Waals surface area contributed by atoms with Crippen LogP contribution in [0.3, 0.4) is 0 Å². The summed E-state index contributed by atoms with van der Waals surface area (Å²) in [7, 11) is -4.08. The highest BCUT2D eigenvalue weighted by molar-refractivity contribution is 7.85. The van der Waals surface area contributed by atoms with Crippen LogP contribution in [0.2, 0.25) is 0 Å². The Kier molecular flexibility index (Phi) is 6.73. The van der Waals surface area contributed by atoms with Gasteiger partial charge >= 0.3 is 0 Å². The SMILES string of the molecule is CC.CC(CC(C)(C)C)c1ccc(S(=O)(=O)O)cc1.